The minimum absolute atomic E-state index is 0.432. The SMILES string of the molecule is CCC(O)(CC)c1ccnc(Nc2ccc(-n3cnc(C)c3)c(OC)c2)n1. The fourth-order valence-corrected chi connectivity index (χ4v) is 2.94. The van der Waals surface area contributed by atoms with E-state index in [9.17, 15) is 5.11 Å². The molecule has 0 atom stereocenters. The van der Waals surface area contributed by atoms with Crippen molar-refractivity contribution in [2.75, 3.05) is 12.4 Å². The van der Waals surface area contributed by atoms with E-state index in [2.05, 4.69) is 20.3 Å². The van der Waals surface area contributed by atoms with Crippen molar-refractivity contribution in [1.29, 1.82) is 0 Å². The van der Waals surface area contributed by atoms with Crippen LogP contribution in [0.4, 0.5) is 11.6 Å². The number of aryl methyl sites for hydroxylation is 1. The molecule has 0 radical (unpaired) electrons. The molecule has 0 fully saturated rings. The Morgan fingerprint density at radius 2 is 1.96 bits per heavy atom. The molecule has 142 valence electrons. The molecule has 0 bridgehead atoms. The van der Waals surface area contributed by atoms with E-state index in [4.69, 9.17) is 4.74 Å². The van der Waals surface area contributed by atoms with Crippen LogP contribution in [0.3, 0.4) is 0 Å². The summed E-state index contributed by atoms with van der Waals surface area (Å²) in [6.07, 6.45) is 6.53. The first-order valence-corrected chi connectivity index (χ1v) is 9.01. The summed E-state index contributed by atoms with van der Waals surface area (Å²) in [6, 6.07) is 7.51. The lowest BCUT2D eigenvalue weighted by Gasteiger charge is -2.24. The van der Waals surface area contributed by atoms with Crippen molar-refractivity contribution in [3.05, 3.63) is 54.4 Å². The summed E-state index contributed by atoms with van der Waals surface area (Å²) in [5.41, 5.74) is 2.29. The molecule has 27 heavy (non-hydrogen) atoms. The van der Waals surface area contributed by atoms with Crippen molar-refractivity contribution in [2.45, 2.75) is 39.2 Å². The molecule has 3 aromatic rings. The minimum atomic E-state index is -0.944. The van der Waals surface area contributed by atoms with Crippen LogP contribution in [-0.2, 0) is 5.60 Å². The Morgan fingerprint density at radius 1 is 1.19 bits per heavy atom. The van der Waals surface area contributed by atoms with E-state index in [-0.39, 0.29) is 0 Å². The first-order chi connectivity index (χ1) is 13.0. The van der Waals surface area contributed by atoms with E-state index in [1.165, 1.54) is 0 Å². The van der Waals surface area contributed by atoms with E-state index in [1.807, 2.05) is 49.7 Å². The van der Waals surface area contributed by atoms with Crippen LogP contribution in [0.1, 0.15) is 38.1 Å². The molecular weight excluding hydrogens is 342 g/mol. The van der Waals surface area contributed by atoms with E-state index >= 15 is 0 Å². The van der Waals surface area contributed by atoms with Gasteiger partial charge in [-0.2, -0.15) is 0 Å². The van der Waals surface area contributed by atoms with E-state index in [0.29, 0.717) is 30.2 Å². The fourth-order valence-electron chi connectivity index (χ4n) is 2.94. The van der Waals surface area contributed by atoms with Crippen LogP contribution in [0.15, 0.2) is 43.0 Å². The van der Waals surface area contributed by atoms with E-state index in [1.54, 1.807) is 25.7 Å². The third-order valence-corrected chi connectivity index (χ3v) is 4.73. The van der Waals surface area contributed by atoms with Crippen LogP contribution in [0.25, 0.3) is 5.69 Å². The number of ether oxygens (including phenoxy) is 1. The number of hydrogen-bond acceptors (Lipinski definition) is 6. The molecule has 2 N–H and O–H groups in total. The molecule has 3 rings (SSSR count). The minimum Gasteiger partial charge on any atom is -0.494 e. The summed E-state index contributed by atoms with van der Waals surface area (Å²) in [5, 5.41) is 13.9. The molecule has 0 saturated carbocycles. The highest BCUT2D eigenvalue weighted by Gasteiger charge is 2.26. The molecule has 1 aromatic carbocycles. The summed E-state index contributed by atoms with van der Waals surface area (Å²) >= 11 is 0. The lowest BCUT2D eigenvalue weighted by Crippen LogP contribution is -2.25. The maximum Gasteiger partial charge on any atom is 0.227 e. The Morgan fingerprint density at radius 3 is 2.59 bits per heavy atom. The van der Waals surface area contributed by atoms with E-state index < -0.39 is 5.60 Å². The molecule has 2 heterocycles. The number of anilines is 2. The highest BCUT2D eigenvalue weighted by atomic mass is 16.5. The van der Waals surface area contributed by atoms with Crippen LogP contribution in [0, 0.1) is 6.92 Å². The zero-order valence-corrected chi connectivity index (χ0v) is 16.1. The molecule has 7 nitrogen and oxygen atoms in total. The summed E-state index contributed by atoms with van der Waals surface area (Å²) in [6.45, 7) is 5.83. The predicted octanol–water partition coefficient (Wildman–Crippen LogP) is 3.73. The normalized spacial score (nSPS) is 11.4. The number of methoxy groups -OCH3 is 1. The van der Waals surface area contributed by atoms with Crippen LogP contribution in [0.2, 0.25) is 0 Å². The maximum absolute atomic E-state index is 10.7. The van der Waals surface area contributed by atoms with Gasteiger partial charge in [-0.25, -0.2) is 15.0 Å². The van der Waals surface area contributed by atoms with Gasteiger partial charge in [0.25, 0.3) is 0 Å². The van der Waals surface area contributed by atoms with Gasteiger partial charge in [-0.05, 0) is 38.0 Å². The summed E-state index contributed by atoms with van der Waals surface area (Å²) in [5.74, 6) is 1.13. The van der Waals surface area contributed by atoms with Crippen molar-refractivity contribution in [1.82, 2.24) is 19.5 Å². The third-order valence-electron chi connectivity index (χ3n) is 4.73. The van der Waals surface area contributed by atoms with Gasteiger partial charge in [0.2, 0.25) is 5.95 Å². The number of aromatic nitrogens is 4. The molecule has 2 aromatic heterocycles. The van der Waals surface area contributed by atoms with E-state index in [0.717, 1.165) is 17.1 Å². The molecule has 7 heteroatoms. The molecule has 0 aliphatic heterocycles. The van der Waals surface area contributed by atoms with Crippen molar-refractivity contribution >= 4 is 11.6 Å². The summed E-state index contributed by atoms with van der Waals surface area (Å²) in [7, 11) is 1.63. The third kappa shape index (κ3) is 3.93. The van der Waals surface area contributed by atoms with Gasteiger partial charge in [0.1, 0.15) is 11.4 Å². The molecule has 0 aliphatic rings. The first-order valence-electron chi connectivity index (χ1n) is 9.01. The number of benzene rings is 1. The smallest absolute Gasteiger partial charge is 0.227 e. The van der Waals surface area contributed by atoms with Gasteiger partial charge in [0.05, 0.1) is 30.5 Å². The van der Waals surface area contributed by atoms with Gasteiger partial charge in [0, 0.05) is 24.1 Å². The van der Waals surface area contributed by atoms with Gasteiger partial charge >= 0.3 is 0 Å². The van der Waals surface area contributed by atoms with Crippen molar-refractivity contribution in [3.8, 4) is 11.4 Å². The monoisotopic (exact) mass is 367 g/mol. The van der Waals surface area contributed by atoms with Crippen molar-refractivity contribution in [2.24, 2.45) is 0 Å². The number of nitrogens with zero attached hydrogens (tertiary/aromatic N) is 4. The molecular formula is C20H25N5O2. The second-order valence-electron chi connectivity index (χ2n) is 6.44. The average Bonchev–Trinajstić information content (AvgIpc) is 3.13. The van der Waals surface area contributed by atoms with Crippen LogP contribution < -0.4 is 10.1 Å². The molecule has 0 saturated heterocycles. The maximum atomic E-state index is 10.7. The molecule has 0 aliphatic carbocycles. The Bertz CT molecular complexity index is 918. The second kappa shape index (κ2) is 7.75. The zero-order chi connectivity index (χ0) is 19.4. The van der Waals surface area contributed by atoms with Gasteiger partial charge in [-0.1, -0.05) is 13.8 Å². The molecule has 0 spiro atoms. The van der Waals surface area contributed by atoms with Gasteiger partial charge in [-0.3, -0.25) is 0 Å². The Labute approximate surface area is 159 Å². The molecule has 0 amide bonds. The number of hydrogen-bond donors (Lipinski definition) is 2. The number of imidazole rings is 1. The Hall–Kier alpha value is -2.93. The Balaban J connectivity index is 1.88. The van der Waals surface area contributed by atoms with Crippen molar-refractivity contribution in [3.63, 3.8) is 0 Å². The largest absolute Gasteiger partial charge is 0.494 e. The Kier molecular flexibility index (Phi) is 5.41. The van der Waals surface area contributed by atoms with Gasteiger partial charge in [0.15, 0.2) is 0 Å². The van der Waals surface area contributed by atoms with Crippen LogP contribution in [0.5, 0.6) is 5.75 Å². The summed E-state index contributed by atoms with van der Waals surface area (Å²) in [4.78, 5) is 13.0. The fraction of sp³-hybridized carbons (Fsp3) is 0.350. The average molecular weight is 367 g/mol. The predicted molar refractivity (Wildman–Crippen MR) is 105 cm³/mol. The topological polar surface area (TPSA) is 85.1 Å². The number of aliphatic hydroxyl groups is 1. The zero-order valence-electron chi connectivity index (χ0n) is 16.1. The van der Waals surface area contributed by atoms with Gasteiger partial charge < -0.3 is 19.7 Å². The molecule has 0 unspecified atom stereocenters. The highest BCUT2D eigenvalue weighted by molar-refractivity contribution is 5.62. The second-order valence-corrected chi connectivity index (χ2v) is 6.44. The standard InChI is InChI=1S/C20H25N5O2/c1-5-20(26,6-2)18-9-10-21-19(24-18)23-15-7-8-16(17(11-15)27-4)25-12-14(3)22-13-25/h7-13,26H,5-6H2,1-4H3,(H,21,23,24). The lowest BCUT2D eigenvalue weighted by atomic mass is 9.93. The number of rotatable bonds is 7. The van der Waals surface area contributed by atoms with Crippen LogP contribution >= 0.6 is 0 Å². The van der Waals surface area contributed by atoms with Crippen molar-refractivity contribution < 1.29 is 9.84 Å². The quantitative estimate of drug-likeness (QED) is 0.662. The summed E-state index contributed by atoms with van der Waals surface area (Å²) < 4.78 is 7.45. The van der Waals surface area contributed by atoms with Gasteiger partial charge in [-0.15, -0.1) is 0 Å². The highest BCUT2D eigenvalue weighted by Crippen LogP contribution is 2.30. The lowest BCUT2D eigenvalue weighted by molar-refractivity contribution is 0.0240. The first kappa shape index (κ1) is 18.8. The number of nitrogens with one attached hydrogen (secondary N) is 1. The van der Waals surface area contributed by atoms with Crippen LogP contribution in [-0.4, -0.2) is 31.7 Å².